The number of carbonyl (C=O) groups excluding carboxylic acids is 11. The Morgan fingerprint density at radius 2 is 1.56 bits per heavy atom. The van der Waals surface area contributed by atoms with E-state index in [0.717, 1.165) is 30.7 Å². The number of hydrogen-bond donors (Lipinski definition) is 10. The number of carbonyl (C=O) groups is 11. The summed E-state index contributed by atoms with van der Waals surface area (Å²) < 4.78 is 11.9. The van der Waals surface area contributed by atoms with E-state index in [1.54, 1.807) is 49.6 Å². The predicted molar refractivity (Wildman–Crippen MR) is 365 cm³/mol. The fraction of sp³-hybridized carbons (Fsp3) is 0.594. The lowest BCUT2D eigenvalue weighted by Crippen LogP contribution is -2.58. The monoisotopic (exact) mass is 1370 g/mol. The molecule has 3 aromatic rings. The van der Waals surface area contributed by atoms with E-state index in [0.29, 0.717) is 91.9 Å². The zero-order valence-electron chi connectivity index (χ0n) is 57.5. The van der Waals surface area contributed by atoms with E-state index in [9.17, 15) is 57.8 Å². The van der Waals surface area contributed by atoms with E-state index in [4.69, 9.17) is 20.2 Å². The van der Waals surface area contributed by atoms with Gasteiger partial charge in [-0.1, -0.05) is 92.9 Å². The second-order valence-electron chi connectivity index (χ2n) is 26.1. The Hall–Kier alpha value is -8.50. The molecule has 0 saturated carbocycles. The molecule has 0 bridgehead atoms. The number of nitrogens with one attached hydrogen (secondary N) is 8. The smallest absolute Gasteiger partial charge is 0.426 e. The van der Waals surface area contributed by atoms with Crippen molar-refractivity contribution in [2.24, 2.45) is 23.5 Å². The van der Waals surface area contributed by atoms with Crippen molar-refractivity contribution >= 4 is 82.3 Å². The van der Waals surface area contributed by atoms with Gasteiger partial charge in [0.25, 0.3) is 17.7 Å². The number of primary amides is 1. The Kier molecular flexibility index (Phi) is 30.7. The van der Waals surface area contributed by atoms with Gasteiger partial charge in [0.05, 0.1) is 12.0 Å². The second kappa shape index (κ2) is 38.4. The number of aromatic nitrogens is 1. The number of amides is 12. The largest absolute Gasteiger partial charge is 0.508 e. The Morgan fingerprint density at radius 1 is 0.825 bits per heavy atom. The number of likely N-dealkylation sites (N-methyl/N-ethyl adjacent to an activating group) is 1. The Bertz CT molecular complexity index is 3220. The number of fused-ring (bicyclic) bond motifs is 1. The molecule has 28 heteroatoms. The van der Waals surface area contributed by atoms with Gasteiger partial charge in [0, 0.05) is 74.4 Å². The molecule has 2 aliphatic heterocycles. The van der Waals surface area contributed by atoms with Crippen molar-refractivity contribution in [3.05, 3.63) is 87.4 Å². The number of thiazole rings is 1. The number of rotatable bonds is 36. The first-order chi connectivity index (χ1) is 46.3. The Morgan fingerprint density at radius 3 is 2.22 bits per heavy atom. The number of imide groups is 1. The van der Waals surface area contributed by atoms with Crippen LogP contribution in [0, 0.1) is 17.8 Å². The number of ether oxygens (including phenoxy) is 2. The number of aromatic hydroxyl groups is 1. The molecule has 1 aliphatic carbocycles. The number of piperidine rings is 1. The number of unbranched alkanes of at least 4 members (excludes halogenated alkanes) is 2. The minimum Gasteiger partial charge on any atom is -0.508 e. The van der Waals surface area contributed by atoms with Crippen LogP contribution < -0.4 is 48.5 Å². The Balaban J connectivity index is 1.03. The molecule has 0 spiro atoms. The number of phenolic OH excluding ortho intramolecular Hbond substituents is 1. The minimum absolute atomic E-state index is 0.00962. The van der Waals surface area contributed by atoms with Gasteiger partial charge in [-0.2, -0.15) is 0 Å². The van der Waals surface area contributed by atoms with Gasteiger partial charge in [-0.15, -0.1) is 11.3 Å². The zero-order chi connectivity index (χ0) is 70.9. The molecule has 12 amide bonds. The molecule has 97 heavy (non-hydrogen) atoms. The molecule has 0 unspecified atom stereocenters. The third-order valence-electron chi connectivity index (χ3n) is 17.9. The fourth-order valence-corrected chi connectivity index (χ4v) is 13.1. The summed E-state index contributed by atoms with van der Waals surface area (Å²) in [4.78, 5) is 155. The average Bonchev–Trinajstić information content (AvgIpc) is 1.26. The summed E-state index contributed by atoms with van der Waals surface area (Å²) in [5.74, 6) is -5.24. The highest BCUT2D eigenvalue weighted by Gasteiger charge is 2.40. The van der Waals surface area contributed by atoms with Crippen molar-refractivity contribution in [2.75, 3.05) is 45.2 Å². The maximum absolute atomic E-state index is 14.9. The quantitative estimate of drug-likeness (QED) is 0.0174. The number of phenols is 1. The standard InChI is InChI=1S/C69H101N13O14S/c1-10-31-81(67(92)60(43(8)12-3)77-64(90)53-20-15-17-32-80(53)9)54(41(4)5)38-55(95-34-11-2)66-75-52(40-97-66)63(89)73-47-35-45-24-27-48(83)37-49(45)50(36-47)61(87)78-79-69(94)96-39-44-22-25-46(26-23-44)72-62(88)51(19-18-30-71-68(70)93)74-65(91)59(42(6)7)76-56(84)21-14-13-16-33-82-57(85)28-29-58(82)86/h22-29,37,40-43,47,50-51,53-55,59-60,83H,10-21,30-36,38-39H2,1-9H3,(H,72,88)(H,73,89)(H,74,91)(H,76,84)(H,77,90)(H,78,87)(H,79,94)(H3,70,71,93)/t43-,47-,50+,51-,53+,54+,55+,59-,60-/m0/s1. The number of nitrogens with two attached hydrogens (primary N) is 1. The average molecular weight is 1370 g/mol. The van der Waals surface area contributed by atoms with Crippen molar-refractivity contribution in [1.82, 2.24) is 57.1 Å². The molecule has 9 atom stereocenters. The van der Waals surface area contributed by atoms with E-state index in [1.807, 2.05) is 39.6 Å². The topological polar surface area (TPSA) is 371 Å². The lowest BCUT2D eigenvalue weighted by molar-refractivity contribution is -0.143. The molecule has 2 aromatic carbocycles. The van der Waals surface area contributed by atoms with E-state index in [2.05, 4.69) is 61.5 Å². The summed E-state index contributed by atoms with van der Waals surface area (Å²) >= 11 is 1.28. The van der Waals surface area contributed by atoms with Gasteiger partial charge in [-0.25, -0.2) is 20.0 Å². The summed E-state index contributed by atoms with van der Waals surface area (Å²) in [5.41, 5.74) is 12.1. The molecule has 1 saturated heterocycles. The van der Waals surface area contributed by atoms with Crippen molar-refractivity contribution in [1.29, 1.82) is 0 Å². The maximum atomic E-state index is 14.9. The highest BCUT2D eigenvalue weighted by molar-refractivity contribution is 7.09. The normalized spacial score (nSPS) is 18.0. The van der Waals surface area contributed by atoms with Crippen molar-refractivity contribution in [3.63, 3.8) is 0 Å². The third kappa shape index (κ3) is 23.4. The van der Waals surface area contributed by atoms with Crippen LogP contribution in [0.2, 0.25) is 0 Å². The highest BCUT2D eigenvalue weighted by atomic mass is 32.1. The molecular formula is C69H101N13O14S. The summed E-state index contributed by atoms with van der Waals surface area (Å²) in [5, 5.41) is 29.7. The second-order valence-corrected chi connectivity index (χ2v) is 26.9. The van der Waals surface area contributed by atoms with Gasteiger partial charge >= 0.3 is 12.1 Å². The number of hydrazine groups is 1. The van der Waals surface area contributed by atoms with E-state index >= 15 is 0 Å². The molecule has 0 radical (unpaired) electrons. The lowest BCUT2D eigenvalue weighted by atomic mass is 9.79. The Labute approximate surface area is 572 Å². The van der Waals surface area contributed by atoms with Crippen LogP contribution >= 0.6 is 11.3 Å². The van der Waals surface area contributed by atoms with Crippen molar-refractivity contribution in [2.45, 2.75) is 207 Å². The van der Waals surface area contributed by atoms with Crippen molar-refractivity contribution < 1.29 is 67.3 Å². The molecule has 11 N–H and O–H groups in total. The van der Waals surface area contributed by atoms with Gasteiger partial charge < -0.3 is 57.1 Å². The van der Waals surface area contributed by atoms with Crippen LogP contribution in [0.25, 0.3) is 0 Å². The number of hydrogen-bond acceptors (Lipinski definition) is 17. The fourth-order valence-electron chi connectivity index (χ4n) is 12.2. The predicted octanol–water partition coefficient (Wildman–Crippen LogP) is 6.27. The molecule has 1 aromatic heterocycles. The summed E-state index contributed by atoms with van der Waals surface area (Å²) in [6, 6.07) is 6.15. The third-order valence-corrected chi connectivity index (χ3v) is 18.8. The highest BCUT2D eigenvalue weighted by Crippen LogP contribution is 2.36. The van der Waals surface area contributed by atoms with Crippen LogP contribution in [0.5, 0.6) is 5.75 Å². The van der Waals surface area contributed by atoms with Crippen LogP contribution in [0.3, 0.4) is 0 Å². The first-order valence-electron chi connectivity index (χ1n) is 34.1. The first kappa shape index (κ1) is 77.5. The first-order valence-corrected chi connectivity index (χ1v) is 35.0. The van der Waals surface area contributed by atoms with E-state index < -0.39 is 77.8 Å². The zero-order valence-corrected chi connectivity index (χ0v) is 58.3. The number of anilines is 1. The van der Waals surface area contributed by atoms with E-state index in [-0.39, 0.29) is 110 Å². The SMILES string of the molecule is CCCO[C@H](C[C@H](C(C)C)N(CCC)C(=O)[C@@H](NC(=O)[C@H]1CCCCN1C)[C@@H](C)CC)c1nc(C(=O)N[C@H]2Cc3ccc(O)cc3[C@H](C(=O)NNC(=O)OCc3ccc(NC(=O)[C@H](CCCNC(N)=O)NC(=O)[C@@H](NC(=O)CCCCCN4C(=O)C=CC4=O)C(C)C)cc3)C2)cs1. The molecule has 3 aliphatic rings. The van der Waals surface area contributed by atoms with Gasteiger partial charge in [-0.3, -0.25) is 58.4 Å². The van der Waals surface area contributed by atoms with Crippen LogP contribution in [-0.4, -0.2) is 166 Å². The maximum Gasteiger partial charge on any atom is 0.426 e. The van der Waals surface area contributed by atoms with Gasteiger partial charge in [0.15, 0.2) is 0 Å². The summed E-state index contributed by atoms with van der Waals surface area (Å²) in [6.07, 6.45) is 8.40. The number of urea groups is 1. The van der Waals surface area contributed by atoms with E-state index in [1.165, 1.54) is 35.6 Å². The summed E-state index contributed by atoms with van der Waals surface area (Å²) in [6.45, 7) is 17.5. The molecule has 532 valence electrons. The molecule has 6 rings (SSSR count). The lowest BCUT2D eigenvalue weighted by Gasteiger charge is -2.40. The van der Waals surface area contributed by atoms with Gasteiger partial charge in [-0.05, 0) is 137 Å². The van der Waals surface area contributed by atoms with Gasteiger partial charge in [0.1, 0.15) is 47.3 Å². The number of nitrogens with zero attached hydrogens (tertiary/aromatic N) is 4. The number of likely N-dealkylation sites (tertiary alicyclic amines) is 1. The van der Waals surface area contributed by atoms with Crippen molar-refractivity contribution in [3.8, 4) is 5.75 Å². The van der Waals surface area contributed by atoms with Crippen LogP contribution in [0.1, 0.15) is 189 Å². The van der Waals surface area contributed by atoms with Gasteiger partial charge in [0.2, 0.25) is 35.4 Å². The summed E-state index contributed by atoms with van der Waals surface area (Å²) in [7, 11) is 1.95. The van der Waals surface area contributed by atoms with Crippen LogP contribution in [0.15, 0.2) is 60.0 Å². The minimum atomic E-state index is -1.11. The van der Waals surface area contributed by atoms with Crippen LogP contribution in [-0.2, 0) is 60.9 Å². The molecule has 27 nitrogen and oxygen atoms in total. The molecular weight excluding hydrogens is 1270 g/mol. The number of benzene rings is 2. The molecule has 1 fully saturated rings. The molecule has 3 heterocycles. The van der Waals surface area contributed by atoms with Crippen LogP contribution in [0.4, 0.5) is 15.3 Å².